The molecular weight excluding hydrogens is 292 g/mol. The maximum atomic E-state index is 12.1. The maximum Gasteiger partial charge on any atom is 0.319 e. The average Bonchev–Trinajstić information content (AvgIpc) is 2.58. The molecule has 122 valence electrons. The number of nitrogens with one attached hydrogen (secondary N) is 2. The number of hydrogen-bond donors (Lipinski definition) is 2. The minimum absolute atomic E-state index is 0.267. The Hall–Kier alpha value is -2.53. The van der Waals surface area contributed by atoms with Crippen molar-refractivity contribution in [3.05, 3.63) is 59.7 Å². The van der Waals surface area contributed by atoms with E-state index in [1.54, 1.807) is 14.2 Å². The van der Waals surface area contributed by atoms with Crippen molar-refractivity contribution in [2.75, 3.05) is 26.1 Å². The van der Waals surface area contributed by atoms with E-state index < -0.39 is 0 Å². The third-order valence-electron chi connectivity index (χ3n) is 3.61. The number of benzene rings is 2. The van der Waals surface area contributed by atoms with E-state index in [2.05, 4.69) is 10.6 Å². The Kier molecular flexibility index (Phi) is 6.00. The van der Waals surface area contributed by atoms with Gasteiger partial charge in [-0.05, 0) is 24.6 Å². The number of aryl methyl sites for hydroxylation is 1. The third kappa shape index (κ3) is 4.47. The topological polar surface area (TPSA) is 59.6 Å². The van der Waals surface area contributed by atoms with Gasteiger partial charge >= 0.3 is 6.03 Å². The summed E-state index contributed by atoms with van der Waals surface area (Å²) >= 11 is 0. The lowest BCUT2D eigenvalue weighted by atomic mass is 10.1. The summed E-state index contributed by atoms with van der Waals surface area (Å²) in [7, 11) is 3.22. The number of methoxy groups -OCH3 is 2. The fourth-order valence-corrected chi connectivity index (χ4v) is 2.32. The van der Waals surface area contributed by atoms with Crippen molar-refractivity contribution < 1.29 is 14.3 Å². The van der Waals surface area contributed by atoms with Gasteiger partial charge in [0.1, 0.15) is 11.9 Å². The predicted octanol–water partition coefficient (Wildman–Crippen LogP) is 3.51. The Morgan fingerprint density at radius 3 is 2.48 bits per heavy atom. The molecule has 0 aromatic heterocycles. The predicted molar refractivity (Wildman–Crippen MR) is 90.9 cm³/mol. The van der Waals surface area contributed by atoms with Gasteiger partial charge in [0.25, 0.3) is 0 Å². The summed E-state index contributed by atoms with van der Waals surface area (Å²) < 4.78 is 10.8. The largest absolute Gasteiger partial charge is 0.496 e. The second-order valence-electron chi connectivity index (χ2n) is 5.12. The lowest BCUT2D eigenvalue weighted by molar-refractivity contribution is 0.102. The first kappa shape index (κ1) is 16.8. The zero-order valence-corrected chi connectivity index (χ0v) is 13.6. The highest BCUT2D eigenvalue weighted by atomic mass is 16.5. The zero-order valence-electron chi connectivity index (χ0n) is 13.6. The van der Waals surface area contributed by atoms with E-state index in [4.69, 9.17) is 9.47 Å². The highest BCUT2D eigenvalue weighted by molar-refractivity contribution is 5.90. The summed E-state index contributed by atoms with van der Waals surface area (Å²) in [5.74, 6) is 0.737. The number of urea groups is 1. The number of carbonyl (C=O) groups is 1. The molecular formula is C18H22N2O3. The first-order valence-electron chi connectivity index (χ1n) is 7.42. The number of anilines is 1. The second kappa shape index (κ2) is 8.19. The number of ether oxygens (including phenoxy) is 2. The number of rotatable bonds is 6. The second-order valence-corrected chi connectivity index (χ2v) is 5.12. The molecule has 2 aromatic rings. The van der Waals surface area contributed by atoms with E-state index in [1.165, 1.54) is 0 Å². The summed E-state index contributed by atoms with van der Waals surface area (Å²) in [6, 6.07) is 15.0. The van der Waals surface area contributed by atoms with Gasteiger partial charge < -0.3 is 20.1 Å². The van der Waals surface area contributed by atoms with Crippen molar-refractivity contribution in [3.8, 4) is 5.75 Å². The van der Waals surface area contributed by atoms with Gasteiger partial charge in [-0.25, -0.2) is 4.79 Å². The van der Waals surface area contributed by atoms with E-state index in [9.17, 15) is 4.79 Å². The summed E-state index contributed by atoms with van der Waals surface area (Å²) in [6.07, 6.45) is -0.284. The van der Waals surface area contributed by atoms with Gasteiger partial charge in [-0.3, -0.25) is 0 Å². The van der Waals surface area contributed by atoms with Crippen molar-refractivity contribution in [1.82, 2.24) is 5.32 Å². The molecule has 0 aliphatic rings. The van der Waals surface area contributed by atoms with Gasteiger partial charge in [-0.1, -0.05) is 36.4 Å². The fourth-order valence-electron chi connectivity index (χ4n) is 2.32. The van der Waals surface area contributed by atoms with Crippen molar-refractivity contribution in [3.63, 3.8) is 0 Å². The normalized spacial score (nSPS) is 11.6. The van der Waals surface area contributed by atoms with Crippen LogP contribution in [0, 0.1) is 6.92 Å². The van der Waals surface area contributed by atoms with Crippen LogP contribution in [0.15, 0.2) is 48.5 Å². The summed E-state index contributed by atoms with van der Waals surface area (Å²) in [4.78, 5) is 12.1. The molecule has 2 N–H and O–H groups in total. The molecule has 1 unspecified atom stereocenters. The van der Waals surface area contributed by atoms with Crippen molar-refractivity contribution in [1.29, 1.82) is 0 Å². The van der Waals surface area contributed by atoms with Crippen LogP contribution in [0.5, 0.6) is 5.75 Å². The monoisotopic (exact) mass is 314 g/mol. The summed E-state index contributed by atoms with van der Waals surface area (Å²) in [5, 5.41) is 5.66. The average molecular weight is 314 g/mol. The molecule has 0 saturated heterocycles. The van der Waals surface area contributed by atoms with E-state index >= 15 is 0 Å². The van der Waals surface area contributed by atoms with Gasteiger partial charge in [0.2, 0.25) is 0 Å². The van der Waals surface area contributed by atoms with Crippen LogP contribution in [-0.4, -0.2) is 26.8 Å². The van der Waals surface area contributed by atoms with E-state index in [0.29, 0.717) is 6.54 Å². The number of amides is 2. The Labute approximate surface area is 136 Å². The van der Waals surface area contributed by atoms with Crippen LogP contribution in [0.2, 0.25) is 0 Å². The van der Waals surface area contributed by atoms with E-state index in [-0.39, 0.29) is 12.1 Å². The van der Waals surface area contributed by atoms with E-state index in [0.717, 1.165) is 22.6 Å². The van der Waals surface area contributed by atoms with Crippen molar-refractivity contribution >= 4 is 11.7 Å². The molecule has 0 saturated carbocycles. The van der Waals surface area contributed by atoms with Gasteiger partial charge in [-0.15, -0.1) is 0 Å². The molecule has 1 atom stereocenters. The minimum Gasteiger partial charge on any atom is -0.496 e. The Bertz CT molecular complexity index is 658. The van der Waals surface area contributed by atoms with Crippen LogP contribution in [0.25, 0.3) is 0 Å². The van der Waals surface area contributed by atoms with E-state index in [1.807, 2.05) is 55.5 Å². The molecule has 0 fully saturated rings. The fraction of sp³-hybridized carbons (Fsp3) is 0.278. The molecule has 0 radical (unpaired) electrons. The Morgan fingerprint density at radius 2 is 1.78 bits per heavy atom. The van der Waals surface area contributed by atoms with Crippen LogP contribution in [-0.2, 0) is 4.74 Å². The number of hydrogen-bond acceptors (Lipinski definition) is 3. The van der Waals surface area contributed by atoms with Crippen LogP contribution in [0.3, 0.4) is 0 Å². The first-order chi connectivity index (χ1) is 11.2. The molecule has 2 rings (SSSR count). The Balaban J connectivity index is 1.98. The van der Waals surface area contributed by atoms with Crippen LogP contribution in [0.1, 0.15) is 17.2 Å². The number of carbonyl (C=O) groups excluding carboxylic acids is 1. The zero-order chi connectivity index (χ0) is 16.7. The van der Waals surface area contributed by atoms with Crippen LogP contribution < -0.4 is 15.4 Å². The molecule has 0 aliphatic heterocycles. The molecule has 2 amide bonds. The quantitative estimate of drug-likeness (QED) is 0.858. The number of para-hydroxylation sites is 2. The highest BCUT2D eigenvalue weighted by Gasteiger charge is 2.16. The molecule has 0 aliphatic carbocycles. The third-order valence-corrected chi connectivity index (χ3v) is 3.61. The SMILES string of the molecule is COc1ccccc1C(CNC(=O)Nc1ccccc1C)OC. The molecule has 5 heteroatoms. The lowest BCUT2D eigenvalue weighted by Gasteiger charge is -2.19. The lowest BCUT2D eigenvalue weighted by Crippen LogP contribution is -2.33. The summed E-state index contributed by atoms with van der Waals surface area (Å²) in [6.45, 7) is 2.29. The van der Waals surface area contributed by atoms with Gasteiger partial charge in [0, 0.05) is 24.9 Å². The summed E-state index contributed by atoms with van der Waals surface area (Å²) in [5.41, 5.74) is 2.70. The first-order valence-corrected chi connectivity index (χ1v) is 7.42. The van der Waals surface area contributed by atoms with Crippen LogP contribution >= 0.6 is 0 Å². The van der Waals surface area contributed by atoms with Crippen molar-refractivity contribution in [2.45, 2.75) is 13.0 Å². The Morgan fingerprint density at radius 1 is 1.09 bits per heavy atom. The molecule has 0 heterocycles. The minimum atomic E-state index is -0.284. The molecule has 0 spiro atoms. The molecule has 2 aromatic carbocycles. The molecule has 23 heavy (non-hydrogen) atoms. The standard InChI is InChI=1S/C18H22N2O3/c1-13-8-4-6-10-15(13)20-18(21)19-12-17(23-3)14-9-5-7-11-16(14)22-2/h4-11,17H,12H2,1-3H3,(H2,19,20,21). The molecule has 0 bridgehead atoms. The smallest absolute Gasteiger partial charge is 0.319 e. The highest BCUT2D eigenvalue weighted by Crippen LogP contribution is 2.26. The van der Waals surface area contributed by atoms with Gasteiger partial charge in [-0.2, -0.15) is 0 Å². The van der Waals surface area contributed by atoms with Gasteiger partial charge in [0.15, 0.2) is 0 Å². The van der Waals surface area contributed by atoms with Crippen LogP contribution in [0.4, 0.5) is 10.5 Å². The van der Waals surface area contributed by atoms with Gasteiger partial charge in [0.05, 0.1) is 7.11 Å². The molecule has 5 nitrogen and oxygen atoms in total. The van der Waals surface area contributed by atoms with Crippen molar-refractivity contribution in [2.24, 2.45) is 0 Å². The maximum absolute atomic E-state index is 12.1.